The molecule has 4 rings (SSSR count). The van der Waals surface area contributed by atoms with Crippen molar-refractivity contribution >= 4 is 17.5 Å². The predicted octanol–water partition coefficient (Wildman–Crippen LogP) is 2.56. The Bertz CT molecular complexity index is 1020. The van der Waals surface area contributed by atoms with Crippen LogP contribution in [0.15, 0.2) is 40.3 Å². The fraction of sp³-hybridized carbons (Fsp3) is 0.350. The van der Waals surface area contributed by atoms with E-state index in [-0.39, 0.29) is 22.7 Å². The van der Waals surface area contributed by atoms with E-state index in [9.17, 15) is 9.59 Å². The SMILES string of the molecule is COc1ccc(C2C3=C(CC(C)(C)CC3=O)Nc3nc(N)[nH]c(=O)c32)cc1. The molecule has 7 heteroatoms. The van der Waals surface area contributed by atoms with Gasteiger partial charge >= 0.3 is 0 Å². The number of nitrogen functional groups attached to an aromatic ring is 1. The summed E-state index contributed by atoms with van der Waals surface area (Å²) in [6.45, 7) is 4.13. The van der Waals surface area contributed by atoms with Crippen LogP contribution in [0.1, 0.15) is 43.7 Å². The lowest BCUT2D eigenvalue weighted by atomic mass is 9.69. The summed E-state index contributed by atoms with van der Waals surface area (Å²) < 4.78 is 5.23. The van der Waals surface area contributed by atoms with Gasteiger partial charge in [0.2, 0.25) is 5.95 Å². The number of Topliss-reactive ketones (excluding diaryl/α,β-unsaturated/α-hetero) is 1. The number of carbonyl (C=O) groups is 1. The standard InChI is InChI=1S/C20H22N4O3/c1-20(2)8-12-15(13(25)9-20)14(10-4-6-11(27-3)7-5-10)16-17(22-12)23-19(21)24-18(16)26/h4-7,14H,8-9H2,1-3H3,(H4,21,22,23,24,26). The van der Waals surface area contributed by atoms with Gasteiger partial charge in [-0.1, -0.05) is 26.0 Å². The lowest BCUT2D eigenvalue weighted by Gasteiger charge is -2.38. The van der Waals surface area contributed by atoms with E-state index >= 15 is 0 Å². The van der Waals surface area contributed by atoms with Crippen LogP contribution in [0.4, 0.5) is 11.8 Å². The number of ether oxygens (including phenoxy) is 1. The van der Waals surface area contributed by atoms with Crippen molar-refractivity contribution in [2.75, 3.05) is 18.2 Å². The van der Waals surface area contributed by atoms with Crippen molar-refractivity contribution in [3.8, 4) is 5.75 Å². The summed E-state index contributed by atoms with van der Waals surface area (Å²) in [7, 11) is 1.60. The number of H-pyrrole nitrogens is 1. The average Bonchev–Trinajstić information content (AvgIpc) is 2.58. The Kier molecular flexibility index (Phi) is 3.83. The van der Waals surface area contributed by atoms with Gasteiger partial charge in [-0.3, -0.25) is 14.6 Å². The molecule has 2 heterocycles. The normalized spacial score (nSPS) is 20.6. The highest BCUT2D eigenvalue weighted by molar-refractivity contribution is 6.01. The van der Waals surface area contributed by atoms with Gasteiger partial charge in [-0.2, -0.15) is 4.98 Å². The molecule has 1 atom stereocenters. The molecule has 2 aliphatic rings. The molecule has 0 radical (unpaired) electrons. The molecule has 0 fully saturated rings. The minimum atomic E-state index is -0.484. The number of nitrogens with zero attached hydrogens (tertiary/aromatic N) is 1. The zero-order chi connectivity index (χ0) is 19.3. The van der Waals surface area contributed by atoms with E-state index in [1.54, 1.807) is 7.11 Å². The smallest absolute Gasteiger partial charge is 0.258 e. The number of anilines is 2. The fourth-order valence-corrected chi connectivity index (χ4v) is 4.06. The first kappa shape index (κ1) is 17.3. The van der Waals surface area contributed by atoms with Crippen LogP contribution in [-0.2, 0) is 4.79 Å². The van der Waals surface area contributed by atoms with Crippen LogP contribution in [0.3, 0.4) is 0 Å². The molecule has 7 nitrogen and oxygen atoms in total. The third kappa shape index (κ3) is 2.89. The molecule has 27 heavy (non-hydrogen) atoms. The second kappa shape index (κ2) is 5.97. The molecule has 1 aromatic carbocycles. The number of nitrogens with one attached hydrogen (secondary N) is 2. The van der Waals surface area contributed by atoms with E-state index in [4.69, 9.17) is 10.5 Å². The first-order valence-electron chi connectivity index (χ1n) is 8.86. The number of carbonyl (C=O) groups excluding carboxylic acids is 1. The van der Waals surface area contributed by atoms with Gasteiger partial charge in [-0.25, -0.2) is 0 Å². The Labute approximate surface area is 156 Å². The number of rotatable bonds is 2. The minimum absolute atomic E-state index is 0.0465. The lowest BCUT2D eigenvalue weighted by Crippen LogP contribution is -2.37. The number of benzene rings is 1. The minimum Gasteiger partial charge on any atom is -0.497 e. The van der Waals surface area contributed by atoms with Crippen LogP contribution < -0.4 is 21.3 Å². The van der Waals surface area contributed by atoms with Gasteiger partial charge in [0.1, 0.15) is 11.6 Å². The van der Waals surface area contributed by atoms with Gasteiger partial charge in [0, 0.05) is 23.6 Å². The molecule has 0 saturated carbocycles. The van der Waals surface area contributed by atoms with Crippen molar-refractivity contribution in [1.82, 2.24) is 9.97 Å². The Morgan fingerprint density at radius 2 is 1.89 bits per heavy atom. The summed E-state index contributed by atoms with van der Waals surface area (Å²) in [5.41, 5.74) is 7.98. The van der Waals surface area contributed by atoms with Crippen LogP contribution in [-0.4, -0.2) is 22.9 Å². The van der Waals surface area contributed by atoms with E-state index in [0.717, 1.165) is 11.3 Å². The molecule has 0 amide bonds. The third-order valence-electron chi connectivity index (χ3n) is 5.19. The summed E-state index contributed by atoms with van der Waals surface area (Å²) in [6.07, 6.45) is 1.14. The molecule has 1 unspecified atom stereocenters. The lowest BCUT2D eigenvalue weighted by molar-refractivity contribution is -0.118. The summed E-state index contributed by atoms with van der Waals surface area (Å²) in [4.78, 5) is 32.6. The molecule has 4 N–H and O–H groups in total. The topological polar surface area (TPSA) is 110 Å². The van der Waals surface area contributed by atoms with E-state index < -0.39 is 5.92 Å². The molecular weight excluding hydrogens is 344 g/mol. The fourth-order valence-electron chi connectivity index (χ4n) is 4.06. The third-order valence-corrected chi connectivity index (χ3v) is 5.19. The molecule has 0 saturated heterocycles. The Morgan fingerprint density at radius 3 is 2.56 bits per heavy atom. The van der Waals surface area contributed by atoms with Crippen LogP contribution in [0.25, 0.3) is 0 Å². The number of methoxy groups -OCH3 is 1. The molecule has 140 valence electrons. The van der Waals surface area contributed by atoms with Crippen molar-refractivity contribution in [2.45, 2.75) is 32.6 Å². The maximum atomic E-state index is 13.1. The molecule has 1 aromatic heterocycles. The second-order valence-electron chi connectivity index (χ2n) is 7.88. The van der Waals surface area contributed by atoms with Crippen LogP contribution in [0.5, 0.6) is 5.75 Å². The van der Waals surface area contributed by atoms with Crippen molar-refractivity contribution in [1.29, 1.82) is 0 Å². The first-order chi connectivity index (χ1) is 12.8. The van der Waals surface area contributed by atoms with Gasteiger partial charge in [0.15, 0.2) is 5.78 Å². The van der Waals surface area contributed by atoms with Crippen molar-refractivity contribution in [2.24, 2.45) is 5.41 Å². The van der Waals surface area contributed by atoms with Gasteiger partial charge < -0.3 is 15.8 Å². The van der Waals surface area contributed by atoms with E-state index in [1.807, 2.05) is 24.3 Å². The molecule has 1 aliphatic carbocycles. The molecule has 1 aliphatic heterocycles. The number of ketones is 1. The summed E-state index contributed by atoms with van der Waals surface area (Å²) in [5, 5.41) is 3.21. The largest absolute Gasteiger partial charge is 0.497 e. The Morgan fingerprint density at radius 1 is 1.19 bits per heavy atom. The zero-order valence-electron chi connectivity index (χ0n) is 15.6. The van der Waals surface area contributed by atoms with Crippen LogP contribution in [0, 0.1) is 5.41 Å². The van der Waals surface area contributed by atoms with Crippen molar-refractivity contribution < 1.29 is 9.53 Å². The number of aromatic nitrogens is 2. The number of aromatic amines is 1. The Balaban J connectivity index is 1.96. The number of allylic oxidation sites excluding steroid dienone is 2. The molecule has 0 bridgehead atoms. The number of nitrogens with two attached hydrogens (primary N) is 1. The highest BCUT2D eigenvalue weighted by Gasteiger charge is 2.42. The van der Waals surface area contributed by atoms with Gasteiger partial charge in [-0.05, 0) is 29.5 Å². The van der Waals surface area contributed by atoms with Gasteiger partial charge in [0.05, 0.1) is 12.7 Å². The predicted molar refractivity (Wildman–Crippen MR) is 103 cm³/mol. The number of fused-ring (bicyclic) bond motifs is 1. The summed E-state index contributed by atoms with van der Waals surface area (Å²) >= 11 is 0. The molecular formula is C20H22N4O3. The van der Waals surface area contributed by atoms with Crippen LogP contribution in [0.2, 0.25) is 0 Å². The first-order valence-corrected chi connectivity index (χ1v) is 8.86. The monoisotopic (exact) mass is 366 g/mol. The highest BCUT2D eigenvalue weighted by Crippen LogP contribution is 2.47. The summed E-state index contributed by atoms with van der Waals surface area (Å²) in [6, 6.07) is 7.42. The van der Waals surface area contributed by atoms with E-state index in [0.29, 0.717) is 35.5 Å². The highest BCUT2D eigenvalue weighted by atomic mass is 16.5. The molecule has 2 aromatic rings. The van der Waals surface area contributed by atoms with E-state index in [2.05, 4.69) is 29.1 Å². The Hall–Kier alpha value is -3.09. The van der Waals surface area contributed by atoms with Crippen LogP contribution >= 0.6 is 0 Å². The van der Waals surface area contributed by atoms with Gasteiger partial charge in [0.25, 0.3) is 5.56 Å². The maximum absolute atomic E-state index is 13.1. The quantitative estimate of drug-likeness (QED) is 0.753. The number of hydrogen-bond acceptors (Lipinski definition) is 6. The second-order valence-corrected chi connectivity index (χ2v) is 7.88. The maximum Gasteiger partial charge on any atom is 0.258 e. The average molecular weight is 366 g/mol. The van der Waals surface area contributed by atoms with Crippen molar-refractivity contribution in [3.05, 3.63) is 57.0 Å². The van der Waals surface area contributed by atoms with Crippen molar-refractivity contribution in [3.63, 3.8) is 0 Å². The van der Waals surface area contributed by atoms with E-state index in [1.165, 1.54) is 0 Å². The van der Waals surface area contributed by atoms with Gasteiger partial charge in [-0.15, -0.1) is 0 Å². The molecule has 0 spiro atoms. The zero-order valence-corrected chi connectivity index (χ0v) is 15.6. The number of hydrogen-bond donors (Lipinski definition) is 3. The summed E-state index contributed by atoms with van der Waals surface area (Å²) in [5.74, 6) is 0.744.